The number of nitrogens with zero attached hydrogens (tertiary/aromatic N) is 1. The Morgan fingerprint density at radius 1 is 0.279 bits per heavy atom. The lowest BCUT2D eigenvalue weighted by molar-refractivity contribution is 0.612. The van der Waals surface area contributed by atoms with E-state index >= 15 is 0 Å². The maximum atomic E-state index is 6.85. The molecule has 0 amide bonds. The van der Waals surface area contributed by atoms with Crippen molar-refractivity contribution in [1.82, 2.24) is 4.57 Å². The molecular weight excluding hydrogens is 743 g/mol. The molecule has 0 unspecified atom stereocenters. The molecule has 0 N–H and O–H groups in total. The van der Waals surface area contributed by atoms with Crippen LogP contribution in [-0.2, 0) is 0 Å². The quantitative estimate of drug-likeness (QED) is 0.163. The van der Waals surface area contributed by atoms with Gasteiger partial charge in [0, 0.05) is 43.7 Å². The minimum Gasteiger partial charge on any atom is -0.452 e. The fourth-order valence-corrected chi connectivity index (χ4v) is 9.96. The Labute approximate surface area is 350 Å². The third-order valence-electron chi connectivity index (χ3n) is 12.6. The van der Waals surface area contributed by atoms with Gasteiger partial charge in [-0.3, -0.25) is 0 Å². The summed E-state index contributed by atoms with van der Waals surface area (Å²) in [7, 11) is 0. The van der Waals surface area contributed by atoms with Crippen LogP contribution < -0.4 is 0 Å². The molecule has 0 bridgehead atoms. The number of para-hydroxylation sites is 2. The molecule has 0 atom stereocenters. The van der Waals surface area contributed by atoms with E-state index < -0.39 is 0 Å². The fraction of sp³-hybridized carbons (Fsp3) is 0. The van der Waals surface area contributed by atoms with E-state index in [1.165, 1.54) is 60.0 Å². The molecule has 0 spiro atoms. The van der Waals surface area contributed by atoms with E-state index in [0.717, 1.165) is 66.6 Å². The van der Waals surface area contributed by atoms with Gasteiger partial charge in [-0.2, -0.15) is 0 Å². The average Bonchev–Trinajstić information content (AvgIpc) is 4.01. The summed E-state index contributed by atoms with van der Waals surface area (Å²) in [6, 6.07) is 76.1. The van der Waals surface area contributed by atoms with Crippen molar-refractivity contribution in [3.05, 3.63) is 212 Å². The molecule has 0 saturated carbocycles. The van der Waals surface area contributed by atoms with Crippen molar-refractivity contribution in [2.24, 2.45) is 0 Å². The van der Waals surface area contributed by atoms with Gasteiger partial charge in [-0.1, -0.05) is 158 Å². The molecule has 0 saturated heterocycles. The molecular formula is C58H35NO2. The van der Waals surface area contributed by atoms with Crippen LogP contribution in [0.1, 0.15) is 0 Å². The van der Waals surface area contributed by atoms with E-state index in [1.54, 1.807) is 0 Å². The molecule has 0 aliphatic carbocycles. The van der Waals surface area contributed by atoms with Gasteiger partial charge in [0.25, 0.3) is 0 Å². The van der Waals surface area contributed by atoms with Crippen molar-refractivity contribution < 1.29 is 8.83 Å². The zero-order chi connectivity index (χ0) is 40.0. The summed E-state index contributed by atoms with van der Waals surface area (Å²) in [6.45, 7) is 0. The van der Waals surface area contributed by atoms with Gasteiger partial charge in [-0.25, -0.2) is 0 Å². The zero-order valence-electron chi connectivity index (χ0n) is 33.0. The summed E-state index contributed by atoms with van der Waals surface area (Å²) in [5.74, 6) is 0.842. The summed E-state index contributed by atoms with van der Waals surface area (Å²) in [4.78, 5) is 0. The van der Waals surface area contributed by atoms with E-state index in [2.05, 4.69) is 211 Å². The molecule has 0 fully saturated rings. The molecule has 0 radical (unpaired) electrons. The molecule has 0 aliphatic rings. The molecule has 3 aromatic heterocycles. The highest BCUT2D eigenvalue weighted by Crippen LogP contribution is 2.48. The topological polar surface area (TPSA) is 31.2 Å². The smallest absolute Gasteiger partial charge is 0.178 e. The van der Waals surface area contributed by atoms with Crippen LogP contribution in [0.3, 0.4) is 0 Å². The van der Waals surface area contributed by atoms with Gasteiger partial charge in [0.15, 0.2) is 11.2 Å². The first-order chi connectivity index (χ1) is 30.3. The van der Waals surface area contributed by atoms with Gasteiger partial charge in [-0.05, 0) is 104 Å². The van der Waals surface area contributed by atoms with Gasteiger partial charge in [0.05, 0.1) is 11.0 Å². The van der Waals surface area contributed by atoms with E-state index in [0.29, 0.717) is 0 Å². The number of furan rings is 2. The highest BCUT2D eigenvalue weighted by molar-refractivity contribution is 6.24. The maximum Gasteiger partial charge on any atom is 0.178 e. The van der Waals surface area contributed by atoms with Gasteiger partial charge < -0.3 is 13.4 Å². The highest BCUT2D eigenvalue weighted by atomic mass is 16.4. The third-order valence-corrected chi connectivity index (χ3v) is 12.6. The second-order valence-electron chi connectivity index (χ2n) is 15.9. The van der Waals surface area contributed by atoms with Crippen LogP contribution in [0.25, 0.3) is 127 Å². The first-order valence-corrected chi connectivity index (χ1v) is 20.8. The van der Waals surface area contributed by atoms with Crippen LogP contribution in [0.15, 0.2) is 221 Å². The average molecular weight is 778 g/mol. The summed E-state index contributed by atoms with van der Waals surface area (Å²) >= 11 is 0. The summed E-state index contributed by atoms with van der Waals surface area (Å²) in [5, 5.41) is 10.5. The Balaban J connectivity index is 1.02. The largest absolute Gasteiger partial charge is 0.452 e. The van der Waals surface area contributed by atoms with E-state index in [-0.39, 0.29) is 0 Å². The number of benzene rings is 10. The lowest BCUT2D eigenvalue weighted by Gasteiger charge is -2.18. The van der Waals surface area contributed by atoms with Crippen molar-refractivity contribution in [1.29, 1.82) is 0 Å². The van der Waals surface area contributed by atoms with Crippen molar-refractivity contribution in [3.8, 4) is 50.4 Å². The Hall–Kier alpha value is -8.14. The van der Waals surface area contributed by atoms with E-state index in [4.69, 9.17) is 8.83 Å². The lowest BCUT2D eigenvalue weighted by Crippen LogP contribution is -1.93. The highest BCUT2D eigenvalue weighted by Gasteiger charge is 2.24. The zero-order valence-corrected chi connectivity index (χ0v) is 33.0. The molecule has 13 aromatic rings. The fourth-order valence-electron chi connectivity index (χ4n) is 9.96. The lowest BCUT2D eigenvalue weighted by atomic mass is 9.85. The van der Waals surface area contributed by atoms with Crippen molar-refractivity contribution >= 4 is 76.3 Å². The van der Waals surface area contributed by atoms with Gasteiger partial charge in [0.1, 0.15) is 11.3 Å². The third kappa shape index (κ3) is 5.04. The second-order valence-corrected chi connectivity index (χ2v) is 15.9. The van der Waals surface area contributed by atoms with Crippen LogP contribution in [0.2, 0.25) is 0 Å². The number of aromatic nitrogens is 1. The molecule has 61 heavy (non-hydrogen) atoms. The molecule has 3 nitrogen and oxygen atoms in total. The van der Waals surface area contributed by atoms with Crippen molar-refractivity contribution in [2.45, 2.75) is 0 Å². The molecule has 3 heteroatoms. The number of hydrogen-bond acceptors (Lipinski definition) is 2. The predicted molar refractivity (Wildman–Crippen MR) is 255 cm³/mol. The Bertz CT molecular complexity index is 3800. The van der Waals surface area contributed by atoms with Gasteiger partial charge in [0.2, 0.25) is 0 Å². The van der Waals surface area contributed by atoms with Crippen LogP contribution in [0, 0.1) is 0 Å². The van der Waals surface area contributed by atoms with Crippen LogP contribution in [-0.4, -0.2) is 4.57 Å². The minimum atomic E-state index is 0.761. The Morgan fingerprint density at radius 2 is 0.770 bits per heavy atom. The summed E-state index contributed by atoms with van der Waals surface area (Å²) in [6.07, 6.45) is 0. The van der Waals surface area contributed by atoms with Crippen molar-refractivity contribution in [3.63, 3.8) is 0 Å². The van der Waals surface area contributed by atoms with E-state index in [9.17, 15) is 0 Å². The van der Waals surface area contributed by atoms with Crippen LogP contribution in [0.4, 0.5) is 0 Å². The predicted octanol–water partition coefficient (Wildman–Crippen LogP) is 16.4. The number of fused-ring (bicyclic) bond motifs is 10. The standard InChI is InChI=1S/C58H35NO2/c1-4-16-36(17-5-1)55-47-31-30-46-49-35-39(29-33-52(49)60-57(46)58(47)61-56(55)37-18-6-2-7-19-37)54-44-25-12-10-23-42(44)53(43-24-11-13-26-45(43)54)38-28-32-51-48(34-38)41-22-14-15-27-50(41)59(51)40-20-8-3-9-21-40/h1-35H. The molecule has 3 heterocycles. The molecule has 13 rings (SSSR count). The molecule has 10 aromatic carbocycles. The summed E-state index contributed by atoms with van der Waals surface area (Å²) < 4.78 is 16.0. The van der Waals surface area contributed by atoms with Crippen LogP contribution in [0.5, 0.6) is 0 Å². The Kier molecular flexibility index (Phi) is 7.31. The first-order valence-electron chi connectivity index (χ1n) is 20.8. The van der Waals surface area contributed by atoms with Crippen LogP contribution >= 0.6 is 0 Å². The van der Waals surface area contributed by atoms with Gasteiger partial charge in [-0.15, -0.1) is 0 Å². The van der Waals surface area contributed by atoms with E-state index in [1.807, 2.05) is 6.07 Å². The Morgan fingerprint density at radius 3 is 1.43 bits per heavy atom. The monoisotopic (exact) mass is 777 g/mol. The number of rotatable bonds is 5. The second kappa shape index (κ2) is 13.2. The van der Waals surface area contributed by atoms with Crippen molar-refractivity contribution in [2.75, 3.05) is 0 Å². The first kappa shape index (κ1) is 33.8. The normalized spacial score (nSPS) is 11.9. The minimum absolute atomic E-state index is 0.761. The summed E-state index contributed by atoms with van der Waals surface area (Å²) in [5.41, 5.74) is 13.9. The number of hydrogen-bond donors (Lipinski definition) is 0. The SMILES string of the molecule is c1ccc(-c2oc3c(ccc4c5cc(-c6c7ccccc7c(-c7ccc8c(c7)c7ccccc7n8-c7ccccc7)c7ccccc67)ccc5oc43)c2-c2ccccc2)cc1. The molecule has 284 valence electrons. The van der Waals surface area contributed by atoms with Gasteiger partial charge >= 0.3 is 0 Å². The maximum absolute atomic E-state index is 6.85. The molecule has 0 aliphatic heterocycles.